The summed E-state index contributed by atoms with van der Waals surface area (Å²) in [6.45, 7) is 5.88. The van der Waals surface area contributed by atoms with Gasteiger partial charge < -0.3 is 9.47 Å². The van der Waals surface area contributed by atoms with E-state index >= 15 is 0 Å². The normalized spacial score (nSPS) is 30.3. The van der Waals surface area contributed by atoms with E-state index in [0.29, 0.717) is 6.10 Å². The van der Waals surface area contributed by atoms with Crippen LogP contribution in [0, 0.1) is 0 Å². The highest BCUT2D eigenvalue weighted by molar-refractivity contribution is 5.24. The maximum Gasteiger partial charge on any atom is 0.156 e. The SMILES string of the molecule is C=CC1(OC(C)OC2CCCCC2)C=CC=CC1. The van der Waals surface area contributed by atoms with Gasteiger partial charge in [0, 0.05) is 6.42 Å². The molecule has 0 aromatic heterocycles. The van der Waals surface area contributed by atoms with Crippen molar-refractivity contribution in [1.82, 2.24) is 0 Å². The Hall–Kier alpha value is -0.860. The van der Waals surface area contributed by atoms with Gasteiger partial charge >= 0.3 is 0 Å². The molecule has 0 radical (unpaired) electrons. The lowest BCUT2D eigenvalue weighted by Crippen LogP contribution is -2.35. The molecule has 0 aliphatic heterocycles. The van der Waals surface area contributed by atoms with Gasteiger partial charge in [-0.25, -0.2) is 0 Å². The summed E-state index contributed by atoms with van der Waals surface area (Å²) in [6, 6.07) is 0. The Bertz CT molecular complexity index is 326. The number of rotatable bonds is 5. The van der Waals surface area contributed by atoms with Crippen LogP contribution in [0.25, 0.3) is 0 Å². The van der Waals surface area contributed by atoms with Gasteiger partial charge in [-0.1, -0.05) is 50.1 Å². The molecule has 0 N–H and O–H groups in total. The molecule has 0 heterocycles. The summed E-state index contributed by atoms with van der Waals surface area (Å²) in [6.07, 6.45) is 17.4. The van der Waals surface area contributed by atoms with Crippen molar-refractivity contribution < 1.29 is 9.47 Å². The molecule has 2 rings (SSSR count). The lowest BCUT2D eigenvalue weighted by Gasteiger charge is -2.33. The summed E-state index contributed by atoms with van der Waals surface area (Å²) in [5.41, 5.74) is -0.386. The molecule has 1 fully saturated rings. The van der Waals surface area contributed by atoms with E-state index in [-0.39, 0.29) is 11.9 Å². The topological polar surface area (TPSA) is 18.5 Å². The highest BCUT2D eigenvalue weighted by atomic mass is 16.7. The third kappa shape index (κ3) is 3.56. The van der Waals surface area contributed by atoms with Crippen molar-refractivity contribution in [3.63, 3.8) is 0 Å². The fraction of sp³-hybridized carbons (Fsp3) is 0.625. The smallest absolute Gasteiger partial charge is 0.156 e. The van der Waals surface area contributed by atoms with Crippen molar-refractivity contribution >= 4 is 0 Å². The predicted octanol–water partition coefficient (Wildman–Crippen LogP) is 4.14. The zero-order valence-electron chi connectivity index (χ0n) is 11.3. The predicted molar refractivity (Wildman–Crippen MR) is 74.3 cm³/mol. The molecule has 2 unspecified atom stereocenters. The van der Waals surface area contributed by atoms with Gasteiger partial charge in [0.25, 0.3) is 0 Å². The Balaban J connectivity index is 1.85. The van der Waals surface area contributed by atoms with E-state index < -0.39 is 0 Å². The quantitative estimate of drug-likeness (QED) is 0.538. The van der Waals surface area contributed by atoms with E-state index in [9.17, 15) is 0 Å². The molecular formula is C16H24O2. The van der Waals surface area contributed by atoms with E-state index in [1.165, 1.54) is 32.1 Å². The second-order valence-corrected chi connectivity index (χ2v) is 5.23. The molecule has 0 amide bonds. The molecule has 0 bridgehead atoms. The highest BCUT2D eigenvalue weighted by Crippen LogP contribution is 2.28. The van der Waals surface area contributed by atoms with Crippen molar-refractivity contribution in [3.05, 3.63) is 37.0 Å². The molecule has 2 aliphatic carbocycles. The minimum atomic E-state index is -0.386. The van der Waals surface area contributed by atoms with Crippen LogP contribution >= 0.6 is 0 Å². The van der Waals surface area contributed by atoms with Gasteiger partial charge in [0.15, 0.2) is 6.29 Å². The van der Waals surface area contributed by atoms with Gasteiger partial charge in [-0.05, 0) is 25.8 Å². The maximum absolute atomic E-state index is 6.05. The van der Waals surface area contributed by atoms with E-state index in [1.807, 2.05) is 25.2 Å². The van der Waals surface area contributed by atoms with Crippen molar-refractivity contribution in [2.75, 3.05) is 0 Å². The van der Waals surface area contributed by atoms with Crippen LogP contribution < -0.4 is 0 Å². The third-order valence-electron chi connectivity index (χ3n) is 3.73. The second-order valence-electron chi connectivity index (χ2n) is 5.23. The Morgan fingerprint density at radius 2 is 2.06 bits per heavy atom. The van der Waals surface area contributed by atoms with Gasteiger partial charge in [-0.15, -0.1) is 0 Å². The molecule has 1 saturated carbocycles. The van der Waals surface area contributed by atoms with Gasteiger partial charge in [-0.3, -0.25) is 0 Å². The van der Waals surface area contributed by atoms with Crippen molar-refractivity contribution in [3.8, 4) is 0 Å². The zero-order valence-corrected chi connectivity index (χ0v) is 11.3. The van der Waals surface area contributed by atoms with E-state index in [1.54, 1.807) is 0 Å². The minimum Gasteiger partial charge on any atom is -0.350 e. The zero-order chi connectivity index (χ0) is 12.8. The van der Waals surface area contributed by atoms with Crippen LogP contribution in [0.1, 0.15) is 45.4 Å². The Labute approximate surface area is 110 Å². The Kier molecular flexibility index (Phi) is 4.79. The van der Waals surface area contributed by atoms with Gasteiger partial charge in [0.2, 0.25) is 0 Å². The first kappa shape index (κ1) is 13.6. The molecular weight excluding hydrogens is 224 g/mol. The summed E-state index contributed by atoms with van der Waals surface area (Å²) < 4.78 is 12.0. The molecule has 2 atom stereocenters. The largest absolute Gasteiger partial charge is 0.350 e. The number of allylic oxidation sites excluding steroid dienone is 2. The average Bonchev–Trinajstić information content (AvgIpc) is 2.41. The van der Waals surface area contributed by atoms with Crippen LogP contribution in [-0.2, 0) is 9.47 Å². The second kappa shape index (κ2) is 6.35. The average molecular weight is 248 g/mol. The maximum atomic E-state index is 6.05. The van der Waals surface area contributed by atoms with E-state index in [2.05, 4.69) is 18.7 Å². The van der Waals surface area contributed by atoms with E-state index in [4.69, 9.17) is 9.47 Å². The first-order valence-electron chi connectivity index (χ1n) is 7.05. The van der Waals surface area contributed by atoms with Crippen LogP contribution in [-0.4, -0.2) is 18.0 Å². The summed E-state index contributed by atoms with van der Waals surface area (Å²) in [7, 11) is 0. The summed E-state index contributed by atoms with van der Waals surface area (Å²) in [5, 5.41) is 0. The fourth-order valence-electron chi connectivity index (χ4n) is 2.71. The molecule has 100 valence electrons. The first-order valence-corrected chi connectivity index (χ1v) is 7.05. The summed E-state index contributed by atoms with van der Waals surface area (Å²) in [5.74, 6) is 0. The third-order valence-corrected chi connectivity index (χ3v) is 3.73. The van der Waals surface area contributed by atoms with Crippen LogP contribution in [0.3, 0.4) is 0 Å². The van der Waals surface area contributed by atoms with Gasteiger partial charge in [0.1, 0.15) is 5.60 Å². The van der Waals surface area contributed by atoms with Crippen molar-refractivity contribution in [2.24, 2.45) is 0 Å². The Morgan fingerprint density at radius 1 is 1.28 bits per heavy atom. The van der Waals surface area contributed by atoms with Crippen LogP contribution in [0.4, 0.5) is 0 Å². The Morgan fingerprint density at radius 3 is 2.67 bits per heavy atom. The van der Waals surface area contributed by atoms with E-state index in [0.717, 1.165) is 6.42 Å². The fourth-order valence-corrected chi connectivity index (χ4v) is 2.71. The van der Waals surface area contributed by atoms with Gasteiger partial charge in [0.05, 0.1) is 6.10 Å². The lowest BCUT2D eigenvalue weighted by molar-refractivity contribution is -0.198. The van der Waals surface area contributed by atoms with Crippen LogP contribution in [0.5, 0.6) is 0 Å². The molecule has 2 nitrogen and oxygen atoms in total. The van der Waals surface area contributed by atoms with Crippen LogP contribution in [0.15, 0.2) is 37.0 Å². The molecule has 0 aromatic carbocycles. The van der Waals surface area contributed by atoms with Crippen LogP contribution in [0.2, 0.25) is 0 Å². The molecule has 0 aromatic rings. The van der Waals surface area contributed by atoms with Gasteiger partial charge in [-0.2, -0.15) is 0 Å². The lowest BCUT2D eigenvalue weighted by atomic mass is 9.95. The minimum absolute atomic E-state index is 0.178. The molecule has 2 aliphatic rings. The molecule has 18 heavy (non-hydrogen) atoms. The first-order chi connectivity index (χ1) is 8.74. The molecule has 0 saturated heterocycles. The standard InChI is InChI=1S/C16H24O2/c1-3-16(12-8-5-9-13-16)18-14(2)17-15-10-6-4-7-11-15/h3,5,8-9,12,14-15H,1,4,6-7,10-11,13H2,2H3. The summed E-state index contributed by atoms with van der Waals surface area (Å²) >= 11 is 0. The highest BCUT2D eigenvalue weighted by Gasteiger charge is 2.28. The summed E-state index contributed by atoms with van der Waals surface area (Å²) in [4.78, 5) is 0. The number of ether oxygens (including phenoxy) is 2. The monoisotopic (exact) mass is 248 g/mol. The number of hydrogen-bond donors (Lipinski definition) is 0. The number of hydrogen-bond acceptors (Lipinski definition) is 2. The molecule has 2 heteroatoms. The molecule has 0 spiro atoms. The van der Waals surface area contributed by atoms with Crippen molar-refractivity contribution in [2.45, 2.75) is 63.4 Å². The van der Waals surface area contributed by atoms with Crippen molar-refractivity contribution in [1.29, 1.82) is 0 Å².